The molecule has 156 valence electrons. The second kappa shape index (κ2) is 9.77. The number of phenols is 1. The Labute approximate surface area is 186 Å². The summed E-state index contributed by atoms with van der Waals surface area (Å²) in [6.07, 6.45) is 1.35. The maximum absolute atomic E-state index is 12.1. The van der Waals surface area contributed by atoms with Crippen LogP contribution in [-0.2, 0) is 11.8 Å². The third kappa shape index (κ3) is 5.19. The van der Waals surface area contributed by atoms with Crippen molar-refractivity contribution in [2.24, 2.45) is 12.1 Å². The number of carbonyl (C=O) groups is 1. The number of halogens is 1. The molecule has 0 saturated heterocycles. The number of phenolic OH excluding ortho intramolecular Hbond substituents is 1. The number of aromatic nitrogens is 3. The lowest BCUT2D eigenvalue weighted by molar-refractivity contribution is -0.118. The summed E-state index contributed by atoms with van der Waals surface area (Å²) in [7, 11) is 3.31. The molecule has 8 nitrogen and oxygen atoms in total. The Balaban J connectivity index is 1.59. The molecule has 3 rings (SSSR count). The summed E-state index contributed by atoms with van der Waals surface area (Å²) in [6, 6.07) is 11.3. The lowest BCUT2D eigenvalue weighted by Crippen LogP contribution is -2.20. The molecule has 0 aliphatic heterocycles. The average molecular weight is 490 g/mol. The molecule has 1 amide bonds. The van der Waals surface area contributed by atoms with Crippen LogP contribution in [0.5, 0.6) is 11.5 Å². The molecule has 0 fully saturated rings. The quantitative estimate of drug-likeness (QED) is 0.299. The third-order valence-corrected chi connectivity index (χ3v) is 5.64. The van der Waals surface area contributed by atoms with Crippen LogP contribution in [0.1, 0.15) is 11.1 Å². The largest absolute Gasteiger partial charge is 0.504 e. The molecule has 1 aromatic heterocycles. The number of methoxy groups -OCH3 is 1. The van der Waals surface area contributed by atoms with Crippen LogP contribution in [0, 0.1) is 6.92 Å². The molecule has 0 saturated carbocycles. The van der Waals surface area contributed by atoms with E-state index < -0.39 is 0 Å². The van der Waals surface area contributed by atoms with Crippen LogP contribution in [0.3, 0.4) is 0 Å². The van der Waals surface area contributed by atoms with E-state index in [0.717, 1.165) is 11.4 Å². The maximum atomic E-state index is 12.1. The van der Waals surface area contributed by atoms with E-state index in [-0.39, 0.29) is 17.4 Å². The van der Waals surface area contributed by atoms with Gasteiger partial charge >= 0.3 is 0 Å². The predicted molar refractivity (Wildman–Crippen MR) is 120 cm³/mol. The van der Waals surface area contributed by atoms with Crippen molar-refractivity contribution in [1.29, 1.82) is 0 Å². The van der Waals surface area contributed by atoms with Crippen LogP contribution in [0.4, 0.5) is 0 Å². The molecule has 3 aromatic rings. The number of amides is 1. The fourth-order valence-corrected chi connectivity index (χ4v) is 3.74. The molecule has 0 unspecified atom stereocenters. The number of rotatable bonds is 7. The fourth-order valence-electron chi connectivity index (χ4n) is 2.58. The van der Waals surface area contributed by atoms with E-state index >= 15 is 0 Å². The first-order chi connectivity index (χ1) is 14.4. The highest BCUT2D eigenvalue weighted by molar-refractivity contribution is 9.10. The first-order valence-electron chi connectivity index (χ1n) is 8.86. The van der Waals surface area contributed by atoms with E-state index in [0.29, 0.717) is 20.9 Å². The SMILES string of the molecule is COc1cc(Br)cc(C=NNC(=O)CSc2nnc(-c3ccc(C)cc3)n2C)c1O. The minimum atomic E-state index is -0.308. The molecule has 10 heteroatoms. The van der Waals surface area contributed by atoms with Crippen LogP contribution < -0.4 is 10.2 Å². The van der Waals surface area contributed by atoms with E-state index in [1.807, 2.05) is 42.8 Å². The van der Waals surface area contributed by atoms with E-state index in [1.165, 1.54) is 30.6 Å². The van der Waals surface area contributed by atoms with E-state index in [2.05, 4.69) is 36.7 Å². The van der Waals surface area contributed by atoms with Gasteiger partial charge in [-0.1, -0.05) is 57.5 Å². The van der Waals surface area contributed by atoms with Gasteiger partial charge in [-0.05, 0) is 19.1 Å². The number of hydrazone groups is 1. The van der Waals surface area contributed by atoms with Crippen molar-refractivity contribution in [1.82, 2.24) is 20.2 Å². The molecule has 2 N–H and O–H groups in total. The number of hydrogen-bond acceptors (Lipinski definition) is 7. The van der Waals surface area contributed by atoms with Gasteiger partial charge in [0.25, 0.3) is 5.91 Å². The molecule has 0 atom stereocenters. The van der Waals surface area contributed by atoms with Gasteiger partial charge in [0.15, 0.2) is 22.5 Å². The zero-order valence-corrected chi connectivity index (χ0v) is 19.0. The Morgan fingerprint density at radius 3 is 2.77 bits per heavy atom. The summed E-state index contributed by atoms with van der Waals surface area (Å²) in [4.78, 5) is 12.1. The second-order valence-corrected chi connectivity index (χ2v) is 8.22. The van der Waals surface area contributed by atoms with E-state index in [1.54, 1.807) is 12.1 Å². The average Bonchev–Trinajstić information content (AvgIpc) is 3.09. The number of nitrogens with zero attached hydrogens (tertiary/aromatic N) is 4. The lowest BCUT2D eigenvalue weighted by Gasteiger charge is -2.06. The highest BCUT2D eigenvalue weighted by atomic mass is 79.9. The molecular weight excluding hydrogens is 470 g/mol. The summed E-state index contributed by atoms with van der Waals surface area (Å²) in [6.45, 7) is 2.03. The van der Waals surface area contributed by atoms with Gasteiger partial charge in [0.1, 0.15) is 0 Å². The van der Waals surface area contributed by atoms with Crippen molar-refractivity contribution < 1.29 is 14.6 Å². The van der Waals surface area contributed by atoms with Crippen LogP contribution in [0.15, 0.2) is 51.1 Å². The van der Waals surface area contributed by atoms with Crippen molar-refractivity contribution >= 4 is 39.8 Å². The van der Waals surface area contributed by atoms with Gasteiger partial charge in [0.2, 0.25) is 0 Å². The Bertz CT molecular complexity index is 1080. The van der Waals surface area contributed by atoms with Gasteiger partial charge in [0.05, 0.1) is 19.1 Å². The number of thioether (sulfide) groups is 1. The molecule has 30 heavy (non-hydrogen) atoms. The molecule has 0 aliphatic rings. The molecule has 1 heterocycles. The number of hydrogen-bond donors (Lipinski definition) is 2. The summed E-state index contributed by atoms with van der Waals surface area (Å²) < 4.78 is 7.64. The smallest absolute Gasteiger partial charge is 0.250 e. The van der Waals surface area contributed by atoms with Gasteiger partial charge in [0, 0.05) is 22.6 Å². The first-order valence-corrected chi connectivity index (χ1v) is 10.6. The Morgan fingerprint density at radius 1 is 1.33 bits per heavy atom. The zero-order valence-electron chi connectivity index (χ0n) is 16.6. The summed E-state index contributed by atoms with van der Waals surface area (Å²) in [5.41, 5.74) is 4.97. The number of aromatic hydroxyl groups is 1. The summed E-state index contributed by atoms with van der Waals surface area (Å²) in [5.74, 6) is 0.785. The Morgan fingerprint density at radius 2 is 2.07 bits per heavy atom. The van der Waals surface area contributed by atoms with Crippen LogP contribution in [0.2, 0.25) is 0 Å². The van der Waals surface area contributed by atoms with Gasteiger partial charge in [-0.3, -0.25) is 4.79 Å². The summed E-state index contributed by atoms with van der Waals surface area (Å²) >= 11 is 4.59. The molecule has 0 aliphatic carbocycles. The lowest BCUT2D eigenvalue weighted by atomic mass is 10.1. The maximum Gasteiger partial charge on any atom is 0.250 e. The Kier molecular flexibility index (Phi) is 7.11. The number of aryl methyl sites for hydroxylation is 1. The van der Waals surface area contributed by atoms with Crippen LogP contribution in [0.25, 0.3) is 11.4 Å². The number of carbonyl (C=O) groups excluding carboxylic acids is 1. The zero-order chi connectivity index (χ0) is 21.7. The van der Waals surface area contributed by atoms with Gasteiger partial charge in [-0.25, -0.2) is 5.43 Å². The highest BCUT2D eigenvalue weighted by Crippen LogP contribution is 2.32. The van der Waals surface area contributed by atoms with Gasteiger partial charge in [-0.15, -0.1) is 10.2 Å². The fraction of sp³-hybridized carbons (Fsp3) is 0.200. The Hall–Kier alpha value is -2.85. The minimum Gasteiger partial charge on any atom is -0.504 e. The van der Waals surface area contributed by atoms with Crippen molar-refractivity contribution in [2.45, 2.75) is 12.1 Å². The molecule has 0 bridgehead atoms. The van der Waals surface area contributed by atoms with E-state index in [4.69, 9.17) is 4.74 Å². The second-order valence-electron chi connectivity index (χ2n) is 6.36. The van der Waals surface area contributed by atoms with Crippen LogP contribution in [-0.4, -0.2) is 44.9 Å². The highest BCUT2D eigenvalue weighted by Gasteiger charge is 2.13. The number of ether oxygens (including phenoxy) is 1. The third-order valence-electron chi connectivity index (χ3n) is 4.16. The number of benzene rings is 2. The van der Waals surface area contributed by atoms with Crippen molar-refractivity contribution in [2.75, 3.05) is 12.9 Å². The van der Waals surface area contributed by atoms with E-state index in [9.17, 15) is 9.90 Å². The van der Waals surface area contributed by atoms with Gasteiger partial charge in [-0.2, -0.15) is 5.10 Å². The van der Waals surface area contributed by atoms with Crippen molar-refractivity contribution in [3.63, 3.8) is 0 Å². The monoisotopic (exact) mass is 489 g/mol. The molecule has 0 radical (unpaired) electrons. The van der Waals surface area contributed by atoms with Crippen LogP contribution >= 0.6 is 27.7 Å². The van der Waals surface area contributed by atoms with Gasteiger partial charge < -0.3 is 14.4 Å². The minimum absolute atomic E-state index is 0.0595. The van der Waals surface area contributed by atoms with Crippen molar-refractivity contribution in [3.05, 3.63) is 52.0 Å². The van der Waals surface area contributed by atoms with Crippen molar-refractivity contribution in [3.8, 4) is 22.9 Å². The number of nitrogens with one attached hydrogen (secondary N) is 1. The molecule has 2 aromatic carbocycles. The predicted octanol–water partition coefficient (Wildman–Crippen LogP) is 3.51. The first kappa shape index (κ1) is 21.8. The normalized spacial score (nSPS) is 11.1. The summed E-state index contributed by atoms with van der Waals surface area (Å²) in [5, 5.41) is 23.0. The molecular formula is C20H20BrN5O3S. The molecule has 0 spiro atoms. The standard InChI is InChI=1S/C20H20BrN5O3S/c1-12-4-6-13(7-5-12)19-24-25-20(26(19)2)30-11-17(27)23-22-10-14-8-15(21)9-16(29-3)18(14)28/h4-10,28H,11H2,1-3H3,(H,23,27). The topological polar surface area (TPSA) is 102 Å².